The topological polar surface area (TPSA) is 47.8 Å². The van der Waals surface area contributed by atoms with Crippen molar-refractivity contribution in [3.05, 3.63) is 99.1 Å². The molecule has 6 heteroatoms. The largest absolute Gasteiger partial charge is 0.268 e. The van der Waals surface area contributed by atoms with Crippen LogP contribution < -0.4 is 5.56 Å². The molecule has 0 aliphatic heterocycles. The van der Waals surface area contributed by atoms with Crippen molar-refractivity contribution in [2.45, 2.75) is 6.92 Å². The third kappa shape index (κ3) is 3.44. The van der Waals surface area contributed by atoms with Gasteiger partial charge in [-0.1, -0.05) is 29.8 Å². The number of pyridine rings is 1. The smallest absolute Gasteiger partial charge is 0.266 e. The molecule has 2 heterocycles. The van der Waals surface area contributed by atoms with Crippen LogP contribution in [-0.2, 0) is 0 Å². The zero-order valence-electron chi connectivity index (χ0n) is 14.9. The highest BCUT2D eigenvalue weighted by molar-refractivity contribution is 6.32. The lowest BCUT2D eigenvalue weighted by Gasteiger charge is -2.12. The standard InChI is InChI=1S/C22H15ClFN3O/c1-14-5-4-6-16(25-14)10-12-21-26-19-11-9-15(24)13-17(19)22(28)27(21)20-8-3-2-7-18(20)23/h2-13H,1H3. The van der Waals surface area contributed by atoms with Crippen LogP contribution in [0.25, 0.3) is 28.7 Å². The Morgan fingerprint density at radius 1 is 1.00 bits per heavy atom. The second-order valence-electron chi connectivity index (χ2n) is 6.26. The van der Waals surface area contributed by atoms with E-state index < -0.39 is 11.4 Å². The van der Waals surface area contributed by atoms with Gasteiger partial charge < -0.3 is 0 Å². The maximum Gasteiger partial charge on any atom is 0.266 e. The summed E-state index contributed by atoms with van der Waals surface area (Å²) in [6.45, 7) is 1.90. The summed E-state index contributed by atoms with van der Waals surface area (Å²) in [7, 11) is 0. The average Bonchev–Trinajstić information content (AvgIpc) is 2.68. The van der Waals surface area contributed by atoms with Crippen molar-refractivity contribution < 1.29 is 4.39 Å². The van der Waals surface area contributed by atoms with Gasteiger partial charge in [0.05, 0.1) is 27.3 Å². The quantitative estimate of drug-likeness (QED) is 0.491. The monoisotopic (exact) mass is 391 g/mol. The number of fused-ring (bicyclic) bond motifs is 1. The molecule has 0 fully saturated rings. The van der Waals surface area contributed by atoms with Crippen molar-refractivity contribution in [3.63, 3.8) is 0 Å². The normalized spacial score (nSPS) is 11.4. The fraction of sp³-hybridized carbons (Fsp3) is 0.0455. The second kappa shape index (κ2) is 7.37. The first-order chi connectivity index (χ1) is 13.5. The maximum absolute atomic E-state index is 13.7. The van der Waals surface area contributed by atoms with E-state index in [4.69, 9.17) is 11.6 Å². The molecule has 0 unspecified atom stereocenters. The summed E-state index contributed by atoms with van der Waals surface area (Å²) in [5, 5.41) is 0.580. The number of nitrogens with zero attached hydrogens (tertiary/aromatic N) is 3. The van der Waals surface area contributed by atoms with Crippen LogP contribution >= 0.6 is 11.6 Å². The van der Waals surface area contributed by atoms with E-state index in [-0.39, 0.29) is 5.39 Å². The van der Waals surface area contributed by atoms with Gasteiger partial charge in [-0.3, -0.25) is 14.3 Å². The third-order valence-electron chi connectivity index (χ3n) is 4.26. The van der Waals surface area contributed by atoms with Crippen LogP contribution in [0.4, 0.5) is 4.39 Å². The van der Waals surface area contributed by atoms with Crippen molar-refractivity contribution in [3.8, 4) is 5.69 Å². The number of para-hydroxylation sites is 1. The number of rotatable bonds is 3. The molecule has 0 amide bonds. The highest BCUT2D eigenvalue weighted by Gasteiger charge is 2.14. The molecule has 0 atom stereocenters. The molecular formula is C22H15ClFN3O. The molecule has 138 valence electrons. The Hall–Kier alpha value is -3.31. The van der Waals surface area contributed by atoms with E-state index in [1.165, 1.54) is 22.8 Å². The van der Waals surface area contributed by atoms with Crippen molar-refractivity contribution >= 4 is 34.7 Å². The fourth-order valence-electron chi connectivity index (χ4n) is 2.97. The molecule has 0 bridgehead atoms. The predicted molar refractivity (Wildman–Crippen MR) is 110 cm³/mol. The lowest BCUT2D eigenvalue weighted by molar-refractivity contribution is 0.629. The highest BCUT2D eigenvalue weighted by Crippen LogP contribution is 2.22. The SMILES string of the molecule is Cc1cccc(C=Cc2nc3ccc(F)cc3c(=O)n2-c2ccccc2Cl)n1. The molecule has 28 heavy (non-hydrogen) atoms. The summed E-state index contributed by atoms with van der Waals surface area (Å²) in [5.41, 5.74) is 2.11. The number of halogens is 2. The van der Waals surface area contributed by atoms with Crippen molar-refractivity contribution in [1.82, 2.24) is 14.5 Å². The predicted octanol–water partition coefficient (Wildman–Crippen LogP) is 5.05. The summed E-state index contributed by atoms with van der Waals surface area (Å²) in [6, 6.07) is 16.6. The van der Waals surface area contributed by atoms with Crippen LogP contribution in [0.5, 0.6) is 0 Å². The van der Waals surface area contributed by atoms with E-state index >= 15 is 0 Å². The van der Waals surface area contributed by atoms with Gasteiger partial charge in [-0.15, -0.1) is 0 Å². The van der Waals surface area contributed by atoms with Gasteiger partial charge in [0.15, 0.2) is 0 Å². The van der Waals surface area contributed by atoms with E-state index in [0.717, 1.165) is 11.4 Å². The van der Waals surface area contributed by atoms with Crippen molar-refractivity contribution in [1.29, 1.82) is 0 Å². The average molecular weight is 392 g/mol. The number of aromatic nitrogens is 3. The van der Waals surface area contributed by atoms with Gasteiger partial charge in [-0.25, -0.2) is 9.37 Å². The lowest BCUT2D eigenvalue weighted by atomic mass is 10.2. The summed E-state index contributed by atoms with van der Waals surface area (Å²) < 4.78 is 15.1. The third-order valence-corrected chi connectivity index (χ3v) is 4.58. The van der Waals surface area contributed by atoms with E-state index in [0.29, 0.717) is 22.1 Å². The Bertz CT molecular complexity index is 1280. The molecule has 4 rings (SSSR count). The Morgan fingerprint density at radius 3 is 2.61 bits per heavy atom. The summed E-state index contributed by atoms with van der Waals surface area (Å²) in [4.78, 5) is 22.1. The number of hydrogen-bond donors (Lipinski definition) is 0. The molecule has 0 N–H and O–H groups in total. The van der Waals surface area contributed by atoms with Gasteiger partial charge in [0.1, 0.15) is 11.6 Å². The first-order valence-electron chi connectivity index (χ1n) is 8.62. The fourth-order valence-corrected chi connectivity index (χ4v) is 3.19. The molecule has 0 aliphatic rings. The first-order valence-corrected chi connectivity index (χ1v) is 9.00. The van der Waals surface area contributed by atoms with Crippen molar-refractivity contribution in [2.75, 3.05) is 0 Å². The van der Waals surface area contributed by atoms with Crippen LogP contribution in [0.1, 0.15) is 17.2 Å². The van der Waals surface area contributed by atoms with Crippen LogP contribution in [-0.4, -0.2) is 14.5 Å². The van der Waals surface area contributed by atoms with Gasteiger partial charge >= 0.3 is 0 Å². The second-order valence-corrected chi connectivity index (χ2v) is 6.67. The number of hydrogen-bond acceptors (Lipinski definition) is 3. The summed E-state index contributed by atoms with van der Waals surface area (Å²) >= 11 is 6.33. The zero-order valence-corrected chi connectivity index (χ0v) is 15.7. The minimum Gasteiger partial charge on any atom is -0.268 e. The number of benzene rings is 2. The molecule has 2 aromatic heterocycles. The van der Waals surface area contributed by atoms with E-state index in [1.807, 2.05) is 25.1 Å². The molecule has 2 aromatic carbocycles. The summed E-state index contributed by atoms with van der Waals surface area (Å²) in [5.74, 6) is -0.120. The molecule has 0 saturated carbocycles. The van der Waals surface area contributed by atoms with E-state index in [1.54, 1.807) is 36.4 Å². The lowest BCUT2D eigenvalue weighted by Crippen LogP contribution is -2.22. The Balaban J connectivity index is 1.98. The van der Waals surface area contributed by atoms with Gasteiger partial charge in [0.2, 0.25) is 0 Å². The molecule has 4 aromatic rings. The maximum atomic E-state index is 13.7. The van der Waals surface area contributed by atoms with Gasteiger partial charge in [-0.2, -0.15) is 0 Å². The van der Waals surface area contributed by atoms with Crippen LogP contribution in [0.3, 0.4) is 0 Å². The summed E-state index contributed by atoms with van der Waals surface area (Å²) in [6.07, 6.45) is 3.48. The molecule has 0 radical (unpaired) electrons. The van der Waals surface area contributed by atoms with E-state index in [2.05, 4.69) is 9.97 Å². The van der Waals surface area contributed by atoms with Crippen molar-refractivity contribution in [2.24, 2.45) is 0 Å². The first kappa shape index (κ1) is 18.1. The molecule has 0 spiro atoms. The van der Waals surface area contributed by atoms with Crippen LogP contribution in [0, 0.1) is 12.7 Å². The van der Waals surface area contributed by atoms with Crippen LogP contribution in [0.15, 0.2) is 65.5 Å². The molecular weight excluding hydrogens is 377 g/mol. The minimum absolute atomic E-state index is 0.186. The minimum atomic E-state index is -0.496. The Kier molecular flexibility index (Phi) is 4.75. The van der Waals surface area contributed by atoms with Gasteiger partial charge in [0, 0.05) is 5.69 Å². The number of aryl methyl sites for hydroxylation is 1. The zero-order chi connectivity index (χ0) is 19.7. The highest BCUT2D eigenvalue weighted by atomic mass is 35.5. The Labute approximate surface area is 165 Å². The Morgan fingerprint density at radius 2 is 1.82 bits per heavy atom. The van der Waals surface area contributed by atoms with Gasteiger partial charge in [-0.05, 0) is 61.5 Å². The molecule has 0 aliphatic carbocycles. The van der Waals surface area contributed by atoms with Crippen LogP contribution in [0.2, 0.25) is 5.02 Å². The van der Waals surface area contributed by atoms with E-state index in [9.17, 15) is 9.18 Å². The molecule has 4 nitrogen and oxygen atoms in total. The van der Waals surface area contributed by atoms with Gasteiger partial charge in [0.25, 0.3) is 5.56 Å². The molecule has 0 saturated heterocycles.